The molecule has 0 bridgehead atoms. The highest BCUT2D eigenvalue weighted by Crippen LogP contribution is 2.10. The number of carboxylic acids is 1. The summed E-state index contributed by atoms with van der Waals surface area (Å²) in [5, 5.41) is 8.81. The Bertz CT molecular complexity index is 294. The second kappa shape index (κ2) is 4.07. The van der Waals surface area contributed by atoms with Crippen LogP contribution in [-0.4, -0.2) is 20.6 Å². The van der Waals surface area contributed by atoms with E-state index in [-0.39, 0.29) is 5.92 Å². The van der Waals surface area contributed by atoms with Crippen LogP contribution < -0.4 is 0 Å². The minimum Gasteiger partial charge on any atom is -0.481 e. The maximum Gasteiger partial charge on any atom is 0.306 e. The van der Waals surface area contributed by atoms with Gasteiger partial charge in [0, 0.05) is 19.7 Å². The number of hydrogen-bond donors (Lipinski definition) is 1. The van der Waals surface area contributed by atoms with Gasteiger partial charge in [-0.2, -0.15) is 0 Å². The fraction of sp³-hybridized carbons (Fsp3) is 0.556. The Labute approximate surface area is 77.2 Å². The molecule has 0 aromatic carbocycles. The third-order valence-corrected chi connectivity index (χ3v) is 2.06. The van der Waals surface area contributed by atoms with Crippen molar-refractivity contribution in [2.24, 2.45) is 13.0 Å². The van der Waals surface area contributed by atoms with E-state index in [4.69, 9.17) is 5.11 Å². The van der Waals surface area contributed by atoms with Crippen LogP contribution in [0.5, 0.6) is 0 Å². The maximum atomic E-state index is 10.7. The van der Waals surface area contributed by atoms with Crippen LogP contribution in [0.25, 0.3) is 0 Å². The molecule has 0 amide bonds. The number of aryl methyl sites for hydroxylation is 1. The van der Waals surface area contributed by atoms with E-state index in [1.807, 2.05) is 24.7 Å². The standard InChI is InChI=1S/C9H14N2O2/c1-3-7(9(12)13)4-8-5-11(2)6-10-8/h5-7H,3-4H2,1-2H3,(H,12,13). The molecule has 0 saturated carbocycles. The maximum absolute atomic E-state index is 10.7. The number of rotatable bonds is 4. The van der Waals surface area contributed by atoms with Crippen LogP contribution in [0.4, 0.5) is 0 Å². The van der Waals surface area contributed by atoms with E-state index in [0.29, 0.717) is 12.8 Å². The zero-order valence-electron chi connectivity index (χ0n) is 7.90. The van der Waals surface area contributed by atoms with Crippen molar-refractivity contribution in [2.45, 2.75) is 19.8 Å². The minimum absolute atomic E-state index is 0.310. The number of hydrogen-bond acceptors (Lipinski definition) is 2. The molecule has 1 atom stereocenters. The van der Waals surface area contributed by atoms with Gasteiger partial charge in [0.05, 0.1) is 17.9 Å². The summed E-state index contributed by atoms with van der Waals surface area (Å²) in [6, 6.07) is 0. The predicted octanol–water partition coefficient (Wildman–Crippen LogP) is 1.07. The van der Waals surface area contributed by atoms with E-state index in [1.54, 1.807) is 6.33 Å². The van der Waals surface area contributed by atoms with E-state index < -0.39 is 5.97 Å². The predicted molar refractivity (Wildman–Crippen MR) is 48.3 cm³/mol. The van der Waals surface area contributed by atoms with Gasteiger partial charge < -0.3 is 9.67 Å². The highest BCUT2D eigenvalue weighted by Gasteiger charge is 2.16. The Balaban J connectivity index is 2.61. The topological polar surface area (TPSA) is 55.1 Å². The third-order valence-electron chi connectivity index (χ3n) is 2.06. The molecule has 72 valence electrons. The number of carboxylic acid groups (broad SMARTS) is 1. The Morgan fingerprint density at radius 1 is 1.77 bits per heavy atom. The smallest absolute Gasteiger partial charge is 0.306 e. The van der Waals surface area contributed by atoms with E-state index in [9.17, 15) is 4.79 Å². The average molecular weight is 182 g/mol. The van der Waals surface area contributed by atoms with Crippen LogP contribution in [0.2, 0.25) is 0 Å². The summed E-state index contributed by atoms with van der Waals surface area (Å²) in [4.78, 5) is 14.8. The molecule has 1 unspecified atom stereocenters. The normalized spacial score (nSPS) is 12.8. The Kier molecular flexibility index (Phi) is 3.06. The van der Waals surface area contributed by atoms with Crippen molar-refractivity contribution in [1.29, 1.82) is 0 Å². The first-order chi connectivity index (χ1) is 6.13. The van der Waals surface area contributed by atoms with Crippen LogP contribution in [0, 0.1) is 5.92 Å². The molecule has 0 aliphatic heterocycles. The van der Waals surface area contributed by atoms with Gasteiger partial charge in [0.15, 0.2) is 0 Å². The van der Waals surface area contributed by atoms with Crippen LogP contribution in [0.1, 0.15) is 19.0 Å². The summed E-state index contributed by atoms with van der Waals surface area (Å²) in [6.07, 6.45) is 4.70. The lowest BCUT2D eigenvalue weighted by Gasteiger charge is -2.06. The molecule has 4 nitrogen and oxygen atoms in total. The fourth-order valence-electron chi connectivity index (χ4n) is 1.23. The average Bonchev–Trinajstić information content (AvgIpc) is 2.46. The molecule has 1 heterocycles. The molecular weight excluding hydrogens is 168 g/mol. The second-order valence-electron chi connectivity index (χ2n) is 3.18. The van der Waals surface area contributed by atoms with Crippen molar-refractivity contribution in [3.8, 4) is 0 Å². The molecule has 1 N–H and O–H groups in total. The van der Waals surface area contributed by atoms with Crippen molar-refractivity contribution >= 4 is 5.97 Å². The monoisotopic (exact) mass is 182 g/mol. The molecule has 1 rings (SSSR count). The first-order valence-corrected chi connectivity index (χ1v) is 4.33. The van der Waals surface area contributed by atoms with Crippen molar-refractivity contribution < 1.29 is 9.90 Å². The van der Waals surface area contributed by atoms with Crippen LogP contribution in [-0.2, 0) is 18.3 Å². The van der Waals surface area contributed by atoms with Crippen LogP contribution in [0.15, 0.2) is 12.5 Å². The van der Waals surface area contributed by atoms with Gasteiger partial charge in [-0.25, -0.2) is 4.98 Å². The Hall–Kier alpha value is -1.32. The lowest BCUT2D eigenvalue weighted by molar-refractivity contribution is -0.141. The summed E-state index contributed by atoms with van der Waals surface area (Å²) in [6.45, 7) is 1.88. The van der Waals surface area contributed by atoms with Gasteiger partial charge in [-0.3, -0.25) is 4.79 Å². The molecule has 1 aromatic rings. The highest BCUT2D eigenvalue weighted by atomic mass is 16.4. The van der Waals surface area contributed by atoms with Gasteiger partial charge >= 0.3 is 5.97 Å². The van der Waals surface area contributed by atoms with Gasteiger partial charge in [0.25, 0.3) is 0 Å². The van der Waals surface area contributed by atoms with Crippen molar-refractivity contribution in [3.05, 3.63) is 18.2 Å². The van der Waals surface area contributed by atoms with Gasteiger partial charge in [-0.1, -0.05) is 6.92 Å². The summed E-state index contributed by atoms with van der Waals surface area (Å²) >= 11 is 0. The molecule has 4 heteroatoms. The quantitative estimate of drug-likeness (QED) is 0.757. The largest absolute Gasteiger partial charge is 0.481 e. The summed E-state index contributed by atoms with van der Waals surface area (Å²) in [5.41, 5.74) is 0.844. The molecular formula is C9H14N2O2. The van der Waals surface area contributed by atoms with Crippen molar-refractivity contribution in [1.82, 2.24) is 9.55 Å². The minimum atomic E-state index is -0.742. The first kappa shape index (κ1) is 9.77. The third kappa shape index (κ3) is 2.57. The molecule has 13 heavy (non-hydrogen) atoms. The van der Waals surface area contributed by atoms with Gasteiger partial charge in [0.1, 0.15) is 0 Å². The number of aromatic nitrogens is 2. The molecule has 0 aliphatic carbocycles. The van der Waals surface area contributed by atoms with E-state index in [0.717, 1.165) is 5.69 Å². The highest BCUT2D eigenvalue weighted by molar-refractivity contribution is 5.70. The number of imidazole rings is 1. The molecule has 0 aliphatic rings. The summed E-state index contributed by atoms with van der Waals surface area (Å²) in [5.74, 6) is -1.05. The fourth-order valence-corrected chi connectivity index (χ4v) is 1.23. The van der Waals surface area contributed by atoms with E-state index in [2.05, 4.69) is 4.98 Å². The molecule has 0 radical (unpaired) electrons. The number of nitrogens with zero attached hydrogens (tertiary/aromatic N) is 2. The van der Waals surface area contributed by atoms with E-state index >= 15 is 0 Å². The Morgan fingerprint density at radius 3 is 2.85 bits per heavy atom. The number of carbonyl (C=O) groups is 1. The zero-order valence-corrected chi connectivity index (χ0v) is 7.90. The second-order valence-corrected chi connectivity index (χ2v) is 3.18. The van der Waals surface area contributed by atoms with Gasteiger partial charge in [0.2, 0.25) is 0 Å². The van der Waals surface area contributed by atoms with Crippen molar-refractivity contribution in [2.75, 3.05) is 0 Å². The molecule has 0 saturated heterocycles. The Morgan fingerprint density at radius 2 is 2.46 bits per heavy atom. The SMILES string of the molecule is CCC(Cc1cn(C)cn1)C(=O)O. The van der Waals surface area contributed by atoms with Crippen LogP contribution >= 0.6 is 0 Å². The first-order valence-electron chi connectivity index (χ1n) is 4.33. The lowest BCUT2D eigenvalue weighted by Crippen LogP contribution is -2.15. The molecule has 1 aromatic heterocycles. The number of aliphatic carboxylic acids is 1. The van der Waals surface area contributed by atoms with E-state index in [1.165, 1.54) is 0 Å². The molecule has 0 spiro atoms. The van der Waals surface area contributed by atoms with Crippen molar-refractivity contribution in [3.63, 3.8) is 0 Å². The lowest BCUT2D eigenvalue weighted by atomic mass is 10.0. The zero-order chi connectivity index (χ0) is 9.84. The summed E-state index contributed by atoms with van der Waals surface area (Å²) < 4.78 is 1.82. The van der Waals surface area contributed by atoms with Gasteiger partial charge in [-0.15, -0.1) is 0 Å². The van der Waals surface area contributed by atoms with Gasteiger partial charge in [-0.05, 0) is 6.42 Å². The van der Waals surface area contributed by atoms with Crippen LogP contribution in [0.3, 0.4) is 0 Å². The summed E-state index contributed by atoms with van der Waals surface area (Å²) in [7, 11) is 1.87. The molecule has 0 fully saturated rings.